The summed E-state index contributed by atoms with van der Waals surface area (Å²) in [5.41, 5.74) is 9.87. The van der Waals surface area contributed by atoms with Crippen LogP contribution in [0.15, 0.2) is 24.3 Å². The number of benzene rings is 1. The fourth-order valence-corrected chi connectivity index (χ4v) is 4.41. The average Bonchev–Trinajstić information content (AvgIpc) is 2.48. The van der Waals surface area contributed by atoms with Crippen molar-refractivity contribution in [3.63, 3.8) is 0 Å². The Bertz CT molecular complexity index is 431. The average molecular weight is 257 g/mol. The molecule has 0 spiro atoms. The van der Waals surface area contributed by atoms with Crippen LogP contribution in [0.4, 0.5) is 0 Å². The van der Waals surface area contributed by atoms with Crippen LogP contribution in [0.2, 0.25) is 0 Å². The smallest absolute Gasteiger partial charge is 0.0441 e. The molecule has 0 bridgehead atoms. The third kappa shape index (κ3) is 2.33. The van der Waals surface area contributed by atoms with Crippen LogP contribution in [0.3, 0.4) is 0 Å². The molecule has 1 fully saturated rings. The van der Waals surface area contributed by atoms with E-state index in [0.717, 1.165) is 5.92 Å². The second-order valence-corrected chi connectivity index (χ2v) is 6.68. The van der Waals surface area contributed by atoms with Gasteiger partial charge in [0.25, 0.3) is 0 Å². The molecule has 1 heteroatoms. The van der Waals surface area contributed by atoms with Gasteiger partial charge in [-0.1, -0.05) is 50.5 Å². The lowest BCUT2D eigenvalue weighted by atomic mass is 9.64. The van der Waals surface area contributed by atoms with Crippen LogP contribution in [0.1, 0.15) is 63.0 Å². The van der Waals surface area contributed by atoms with E-state index >= 15 is 0 Å². The summed E-state index contributed by atoms with van der Waals surface area (Å²) in [6, 6.07) is 8.91. The first-order valence-electron chi connectivity index (χ1n) is 8.11. The topological polar surface area (TPSA) is 26.0 Å². The lowest BCUT2D eigenvalue weighted by molar-refractivity contribution is 0.152. The summed E-state index contributed by atoms with van der Waals surface area (Å²) in [6.45, 7) is 2.33. The van der Waals surface area contributed by atoms with Gasteiger partial charge in [0, 0.05) is 5.54 Å². The van der Waals surface area contributed by atoms with E-state index < -0.39 is 0 Å². The number of aryl methyl sites for hydroxylation is 1. The van der Waals surface area contributed by atoms with Gasteiger partial charge < -0.3 is 5.73 Å². The Balaban J connectivity index is 1.84. The third-order valence-electron chi connectivity index (χ3n) is 5.71. The number of hydrogen-bond donors (Lipinski definition) is 1. The molecule has 0 aromatic heterocycles. The Morgan fingerprint density at radius 3 is 2.63 bits per heavy atom. The van der Waals surface area contributed by atoms with Gasteiger partial charge in [0.15, 0.2) is 0 Å². The number of fused-ring (bicyclic) bond motifs is 1. The Labute approximate surface area is 117 Å². The summed E-state index contributed by atoms with van der Waals surface area (Å²) in [7, 11) is 0. The molecule has 1 aromatic carbocycles. The highest BCUT2D eigenvalue weighted by Gasteiger charge is 2.40. The molecule has 1 atom stereocenters. The molecule has 1 nitrogen and oxygen atoms in total. The SMILES string of the molecule is CCC1CCC(C2(N)CCCc3ccccc32)CC1. The van der Waals surface area contributed by atoms with Crippen LogP contribution in [-0.2, 0) is 12.0 Å². The molecule has 0 amide bonds. The second kappa shape index (κ2) is 5.28. The van der Waals surface area contributed by atoms with Gasteiger partial charge in [0.1, 0.15) is 0 Å². The molecule has 104 valence electrons. The zero-order valence-electron chi connectivity index (χ0n) is 12.2. The fourth-order valence-electron chi connectivity index (χ4n) is 4.41. The Morgan fingerprint density at radius 2 is 1.89 bits per heavy atom. The van der Waals surface area contributed by atoms with E-state index in [1.54, 1.807) is 0 Å². The summed E-state index contributed by atoms with van der Waals surface area (Å²) in [5.74, 6) is 1.66. The van der Waals surface area contributed by atoms with E-state index in [1.807, 2.05) is 0 Å². The molecule has 1 aromatic rings. The minimum Gasteiger partial charge on any atom is -0.321 e. The quantitative estimate of drug-likeness (QED) is 0.835. The maximum atomic E-state index is 6.93. The molecule has 2 aliphatic carbocycles. The van der Waals surface area contributed by atoms with Crippen LogP contribution in [0, 0.1) is 11.8 Å². The van der Waals surface area contributed by atoms with Gasteiger partial charge in [-0.3, -0.25) is 0 Å². The van der Waals surface area contributed by atoms with Crippen LogP contribution in [-0.4, -0.2) is 0 Å². The molecule has 0 aliphatic heterocycles. The van der Waals surface area contributed by atoms with Crippen molar-refractivity contribution in [2.24, 2.45) is 17.6 Å². The van der Waals surface area contributed by atoms with Gasteiger partial charge in [0.2, 0.25) is 0 Å². The van der Waals surface area contributed by atoms with Crippen LogP contribution >= 0.6 is 0 Å². The first-order valence-corrected chi connectivity index (χ1v) is 8.11. The first-order chi connectivity index (χ1) is 9.24. The van der Waals surface area contributed by atoms with E-state index in [9.17, 15) is 0 Å². The molecule has 19 heavy (non-hydrogen) atoms. The molecular formula is C18H27N. The standard InChI is InChI=1S/C18H27N/c1-2-14-9-11-16(12-10-14)18(19)13-5-7-15-6-3-4-8-17(15)18/h3-4,6,8,14,16H,2,5,7,9-13,19H2,1H3. The van der Waals surface area contributed by atoms with Crippen LogP contribution in [0.5, 0.6) is 0 Å². The lowest BCUT2D eigenvalue weighted by Gasteiger charge is -2.45. The van der Waals surface area contributed by atoms with E-state index in [2.05, 4.69) is 31.2 Å². The van der Waals surface area contributed by atoms with Crippen molar-refractivity contribution >= 4 is 0 Å². The predicted octanol–water partition coefficient (Wildman–Crippen LogP) is 4.39. The monoisotopic (exact) mass is 257 g/mol. The van der Waals surface area contributed by atoms with Gasteiger partial charge >= 0.3 is 0 Å². The van der Waals surface area contributed by atoms with E-state index in [-0.39, 0.29) is 5.54 Å². The Hall–Kier alpha value is -0.820. The highest BCUT2D eigenvalue weighted by atomic mass is 14.8. The van der Waals surface area contributed by atoms with E-state index in [4.69, 9.17) is 5.73 Å². The summed E-state index contributed by atoms with van der Waals surface area (Å²) in [4.78, 5) is 0. The molecule has 0 radical (unpaired) electrons. The molecule has 3 rings (SSSR count). The largest absolute Gasteiger partial charge is 0.321 e. The summed E-state index contributed by atoms with van der Waals surface area (Å²) in [5, 5.41) is 0. The van der Waals surface area contributed by atoms with Crippen molar-refractivity contribution < 1.29 is 0 Å². The van der Waals surface area contributed by atoms with Gasteiger partial charge in [-0.2, -0.15) is 0 Å². The van der Waals surface area contributed by atoms with E-state index in [0.29, 0.717) is 5.92 Å². The van der Waals surface area contributed by atoms with Crippen LogP contribution in [0.25, 0.3) is 0 Å². The summed E-state index contributed by atoms with van der Waals surface area (Å²) < 4.78 is 0. The summed E-state index contributed by atoms with van der Waals surface area (Å²) in [6.07, 6.45) is 10.5. The van der Waals surface area contributed by atoms with Crippen molar-refractivity contribution in [3.8, 4) is 0 Å². The zero-order chi connectivity index (χ0) is 13.3. The zero-order valence-corrected chi connectivity index (χ0v) is 12.2. The normalized spacial score (nSPS) is 34.8. The Morgan fingerprint density at radius 1 is 1.16 bits per heavy atom. The highest BCUT2D eigenvalue weighted by Crippen LogP contribution is 2.45. The van der Waals surface area contributed by atoms with Crippen molar-refractivity contribution in [1.29, 1.82) is 0 Å². The van der Waals surface area contributed by atoms with Crippen molar-refractivity contribution in [1.82, 2.24) is 0 Å². The molecule has 0 heterocycles. The first kappa shape index (κ1) is 13.2. The molecule has 1 unspecified atom stereocenters. The maximum absolute atomic E-state index is 6.93. The molecular weight excluding hydrogens is 230 g/mol. The van der Waals surface area contributed by atoms with Gasteiger partial charge in [-0.25, -0.2) is 0 Å². The predicted molar refractivity (Wildman–Crippen MR) is 81.0 cm³/mol. The van der Waals surface area contributed by atoms with Crippen LogP contribution < -0.4 is 5.73 Å². The van der Waals surface area contributed by atoms with Crippen molar-refractivity contribution in [3.05, 3.63) is 35.4 Å². The minimum atomic E-state index is -0.0342. The maximum Gasteiger partial charge on any atom is 0.0441 e. The molecule has 2 N–H and O–H groups in total. The number of hydrogen-bond acceptors (Lipinski definition) is 1. The van der Waals surface area contributed by atoms with Gasteiger partial charge in [0.05, 0.1) is 0 Å². The highest BCUT2D eigenvalue weighted by molar-refractivity contribution is 5.36. The molecule has 1 saturated carbocycles. The van der Waals surface area contributed by atoms with E-state index in [1.165, 1.54) is 62.5 Å². The Kier molecular flexibility index (Phi) is 3.66. The molecule has 0 saturated heterocycles. The third-order valence-corrected chi connectivity index (χ3v) is 5.71. The fraction of sp³-hybridized carbons (Fsp3) is 0.667. The lowest BCUT2D eigenvalue weighted by Crippen LogP contribution is -2.47. The van der Waals surface area contributed by atoms with Gasteiger partial charge in [-0.15, -0.1) is 0 Å². The van der Waals surface area contributed by atoms with Crippen molar-refractivity contribution in [2.75, 3.05) is 0 Å². The van der Waals surface area contributed by atoms with Gasteiger partial charge in [-0.05, 0) is 55.1 Å². The molecule has 2 aliphatic rings. The summed E-state index contributed by atoms with van der Waals surface area (Å²) >= 11 is 0. The number of nitrogens with two attached hydrogens (primary N) is 1. The minimum absolute atomic E-state index is 0.0342. The second-order valence-electron chi connectivity index (χ2n) is 6.68. The van der Waals surface area contributed by atoms with Crippen molar-refractivity contribution in [2.45, 2.75) is 63.8 Å². The number of rotatable bonds is 2.